The zero-order valence-electron chi connectivity index (χ0n) is 15.1. The van der Waals surface area contributed by atoms with Gasteiger partial charge in [-0.2, -0.15) is 0 Å². The van der Waals surface area contributed by atoms with Crippen LogP contribution in [-0.2, 0) is 22.7 Å². The standard InChI is InChI=1S/C20H20N4O4/c25-17(22-13-18(26)21-12-14-6-2-1-3-7-14)10-11-24-16-9-5-4-8-15(16)19(27)23-20(24)28/h1-9H,10-13H2,(H,21,26)(H,22,25)(H,23,27,28). The van der Waals surface area contributed by atoms with E-state index in [1.807, 2.05) is 30.3 Å². The summed E-state index contributed by atoms with van der Waals surface area (Å²) in [6.45, 7) is 0.328. The van der Waals surface area contributed by atoms with Crippen molar-refractivity contribution in [2.45, 2.75) is 19.5 Å². The van der Waals surface area contributed by atoms with E-state index in [0.717, 1.165) is 5.56 Å². The molecule has 1 heterocycles. The van der Waals surface area contributed by atoms with Crippen LogP contribution in [0.1, 0.15) is 12.0 Å². The molecule has 8 nitrogen and oxygen atoms in total. The van der Waals surface area contributed by atoms with Gasteiger partial charge in [0.05, 0.1) is 17.4 Å². The van der Waals surface area contributed by atoms with Gasteiger partial charge in [-0.05, 0) is 17.7 Å². The molecule has 3 rings (SSSR count). The minimum absolute atomic E-state index is 0.00189. The molecule has 0 aliphatic heterocycles. The van der Waals surface area contributed by atoms with Gasteiger partial charge < -0.3 is 10.6 Å². The van der Waals surface area contributed by atoms with Crippen LogP contribution in [-0.4, -0.2) is 27.9 Å². The number of carbonyl (C=O) groups is 2. The normalized spacial score (nSPS) is 10.6. The van der Waals surface area contributed by atoms with Crippen molar-refractivity contribution in [3.05, 3.63) is 81.0 Å². The maximum atomic E-state index is 12.1. The molecule has 0 saturated carbocycles. The summed E-state index contributed by atoms with van der Waals surface area (Å²) in [6, 6.07) is 16.1. The molecule has 3 N–H and O–H groups in total. The van der Waals surface area contributed by atoms with Crippen molar-refractivity contribution in [2.75, 3.05) is 6.54 Å². The number of benzene rings is 2. The smallest absolute Gasteiger partial charge is 0.328 e. The number of nitrogens with zero attached hydrogens (tertiary/aromatic N) is 1. The van der Waals surface area contributed by atoms with Gasteiger partial charge in [0.25, 0.3) is 5.56 Å². The van der Waals surface area contributed by atoms with Crippen LogP contribution in [0.2, 0.25) is 0 Å². The zero-order chi connectivity index (χ0) is 19.9. The van der Waals surface area contributed by atoms with Crippen LogP contribution in [0.15, 0.2) is 64.2 Å². The van der Waals surface area contributed by atoms with E-state index in [1.165, 1.54) is 4.57 Å². The second kappa shape index (κ2) is 8.81. The predicted molar refractivity (Wildman–Crippen MR) is 105 cm³/mol. The summed E-state index contributed by atoms with van der Waals surface area (Å²) >= 11 is 0. The van der Waals surface area contributed by atoms with E-state index in [4.69, 9.17) is 0 Å². The minimum Gasteiger partial charge on any atom is -0.350 e. The lowest BCUT2D eigenvalue weighted by atomic mass is 10.2. The number of nitrogens with one attached hydrogen (secondary N) is 3. The van der Waals surface area contributed by atoms with Gasteiger partial charge in [-0.3, -0.25) is 23.9 Å². The van der Waals surface area contributed by atoms with Gasteiger partial charge >= 0.3 is 5.69 Å². The Morgan fingerprint density at radius 3 is 2.39 bits per heavy atom. The van der Waals surface area contributed by atoms with E-state index in [2.05, 4.69) is 15.6 Å². The summed E-state index contributed by atoms with van der Waals surface area (Å²) < 4.78 is 1.34. The van der Waals surface area contributed by atoms with Crippen molar-refractivity contribution in [2.24, 2.45) is 0 Å². The van der Waals surface area contributed by atoms with Crippen LogP contribution in [0.25, 0.3) is 10.9 Å². The Morgan fingerprint density at radius 1 is 0.893 bits per heavy atom. The second-order valence-electron chi connectivity index (χ2n) is 6.22. The lowest BCUT2D eigenvalue weighted by Crippen LogP contribution is -2.37. The maximum absolute atomic E-state index is 12.1. The highest BCUT2D eigenvalue weighted by molar-refractivity contribution is 5.84. The van der Waals surface area contributed by atoms with E-state index >= 15 is 0 Å². The number of aromatic amines is 1. The Hall–Kier alpha value is -3.68. The number of para-hydroxylation sites is 1. The topological polar surface area (TPSA) is 113 Å². The van der Waals surface area contributed by atoms with Crippen LogP contribution in [0.3, 0.4) is 0 Å². The third kappa shape index (κ3) is 4.73. The Balaban J connectivity index is 1.52. The highest BCUT2D eigenvalue weighted by atomic mass is 16.2. The molecule has 3 aromatic rings. The van der Waals surface area contributed by atoms with Gasteiger partial charge in [0.1, 0.15) is 0 Å². The molecule has 0 radical (unpaired) electrons. The number of hydrogen-bond acceptors (Lipinski definition) is 4. The first kappa shape index (κ1) is 19.1. The third-order valence-electron chi connectivity index (χ3n) is 4.25. The van der Waals surface area contributed by atoms with Gasteiger partial charge in [0.2, 0.25) is 11.8 Å². The average molecular weight is 380 g/mol. The molecule has 0 fully saturated rings. The Morgan fingerprint density at radius 2 is 1.61 bits per heavy atom. The monoisotopic (exact) mass is 380 g/mol. The van der Waals surface area contributed by atoms with Crippen LogP contribution in [0.4, 0.5) is 0 Å². The third-order valence-corrected chi connectivity index (χ3v) is 4.25. The first-order valence-electron chi connectivity index (χ1n) is 8.84. The molecule has 0 atom stereocenters. The lowest BCUT2D eigenvalue weighted by molar-refractivity contribution is -0.126. The summed E-state index contributed by atoms with van der Waals surface area (Å²) in [7, 11) is 0. The van der Waals surface area contributed by atoms with Crippen molar-refractivity contribution in [1.82, 2.24) is 20.2 Å². The number of aryl methyl sites for hydroxylation is 1. The molecule has 8 heteroatoms. The fraction of sp³-hybridized carbons (Fsp3) is 0.200. The fourth-order valence-corrected chi connectivity index (χ4v) is 2.80. The molecular formula is C20H20N4O4. The summed E-state index contributed by atoms with van der Waals surface area (Å²) in [5, 5.41) is 5.63. The molecule has 0 bridgehead atoms. The molecule has 2 amide bonds. The fourth-order valence-electron chi connectivity index (χ4n) is 2.80. The van der Waals surface area contributed by atoms with Gasteiger partial charge in [-0.15, -0.1) is 0 Å². The van der Waals surface area contributed by atoms with E-state index in [0.29, 0.717) is 17.4 Å². The minimum atomic E-state index is -0.572. The van der Waals surface area contributed by atoms with Crippen molar-refractivity contribution >= 4 is 22.7 Å². The molecular weight excluding hydrogens is 360 g/mol. The van der Waals surface area contributed by atoms with Gasteiger partial charge in [-0.1, -0.05) is 42.5 Å². The first-order chi connectivity index (χ1) is 13.5. The highest BCUT2D eigenvalue weighted by Gasteiger charge is 2.10. The first-order valence-corrected chi connectivity index (χ1v) is 8.84. The lowest BCUT2D eigenvalue weighted by Gasteiger charge is -2.10. The zero-order valence-corrected chi connectivity index (χ0v) is 15.1. The Labute approximate surface area is 160 Å². The summed E-state index contributed by atoms with van der Waals surface area (Å²) in [5.41, 5.74) is 0.393. The predicted octanol–water partition coefficient (Wildman–Crippen LogP) is 0.513. The van der Waals surface area contributed by atoms with Gasteiger partial charge in [0, 0.05) is 19.5 Å². The number of aromatic nitrogens is 2. The Kier molecular flexibility index (Phi) is 6.01. The summed E-state index contributed by atoms with van der Waals surface area (Å²) in [6.07, 6.45) is 0.00189. The van der Waals surface area contributed by atoms with Crippen molar-refractivity contribution in [3.63, 3.8) is 0 Å². The molecule has 2 aromatic carbocycles. The number of rotatable bonds is 7. The molecule has 28 heavy (non-hydrogen) atoms. The average Bonchev–Trinajstić information content (AvgIpc) is 2.71. The maximum Gasteiger partial charge on any atom is 0.328 e. The van der Waals surface area contributed by atoms with Crippen LogP contribution in [0.5, 0.6) is 0 Å². The number of fused-ring (bicyclic) bond motifs is 1. The molecule has 0 unspecified atom stereocenters. The van der Waals surface area contributed by atoms with E-state index in [1.54, 1.807) is 24.3 Å². The number of hydrogen-bond donors (Lipinski definition) is 3. The summed E-state index contributed by atoms with van der Waals surface area (Å²) in [5.74, 6) is -0.666. The van der Waals surface area contributed by atoms with E-state index in [9.17, 15) is 19.2 Å². The summed E-state index contributed by atoms with van der Waals surface area (Å²) in [4.78, 5) is 50.0. The van der Waals surface area contributed by atoms with Crippen LogP contribution >= 0.6 is 0 Å². The molecule has 0 aliphatic carbocycles. The van der Waals surface area contributed by atoms with E-state index < -0.39 is 11.2 Å². The quantitative estimate of drug-likeness (QED) is 0.554. The molecule has 0 spiro atoms. The second-order valence-corrected chi connectivity index (χ2v) is 6.22. The van der Waals surface area contributed by atoms with Crippen molar-refractivity contribution in [3.8, 4) is 0 Å². The van der Waals surface area contributed by atoms with Crippen molar-refractivity contribution in [1.29, 1.82) is 0 Å². The molecule has 0 saturated heterocycles. The van der Waals surface area contributed by atoms with Crippen LogP contribution in [0, 0.1) is 0 Å². The number of amides is 2. The molecule has 1 aromatic heterocycles. The van der Waals surface area contributed by atoms with Crippen molar-refractivity contribution < 1.29 is 9.59 Å². The molecule has 144 valence electrons. The highest BCUT2D eigenvalue weighted by Crippen LogP contribution is 2.07. The Bertz CT molecular complexity index is 1100. The number of H-pyrrole nitrogens is 1. The van der Waals surface area contributed by atoms with E-state index in [-0.39, 0.29) is 31.3 Å². The van der Waals surface area contributed by atoms with Gasteiger partial charge in [-0.25, -0.2) is 4.79 Å². The van der Waals surface area contributed by atoms with Gasteiger partial charge in [0.15, 0.2) is 0 Å². The van der Waals surface area contributed by atoms with Crippen LogP contribution < -0.4 is 21.9 Å². The SMILES string of the molecule is O=C(CCn1c(=O)[nH]c(=O)c2ccccc21)NCC(=O)NCc1ccccc1. The molecule has 0 aliphatic rings. The largest absolute Gasteiger partial charge is 0.350 e. The number of carbonyl (C=O) groups excluding carboxylic acids is 2.